The van der Waals surface area contributed by atoms with Crippen LogP contribution in [-0.4, -0.2) is 47.4 Å². The lowest BCUT2D eigenvalue weighted by atomic mass is 9.82. The van der Waals surface area contributed by atoms with Gasteiger partial charge in [-0.15, -0.1) is 0 Å². The van der Waals surface area contributed by atoms with Gasteiger partial charge in [0.05, 0.1) is 23.3 Å². The first-order valence-corrected chi connectivity index (χ1v) is 11.5. The third-order valence-electron chi connectivity index (χ3n) is 7.16. The fraction of sp³-hybridized carbons (Fsp3) is 0.625. The molecule has 0 N–H and O–H groups in total. The van der Waals surface area contributed by atoms with E-state index in [2.05, 4.69) is 51.0 Å². The normalized spacial score (nSPS) is 22.4. The standard InChI is InChI=1S/C24H34N4/c1-3-10-22(11-4-1)28-19-23(24(25-28)21-8-7-9-21)27-16-12-20(13-17-27)18-26-14-5-2-6-15-26/h1,3-4,10-11,19-21H,2,5-9,12-18H2. The van der Waals surface area contributed by atoms with E-state index in [1.54, 1.807) is 0 Å². The fourth-order valence-electron chi connectivity index (χ4n) is 5.17. The Hall–Kier alpha value is -1.81. The van der Waals surface area contributed by atoms with Crippen LogP contribution in [0, 0.1) is 5.92 Å². The Morgan fingerprint density at radius 2 is 1.57 bits per heavy atom. The summed E-state index contributed by atoms with van der Waals surface area (Å²) in [4.78, 5) is 5.35. The van der Waals surface area contributed by atoms with Gasteiger partial charge < -0.3 is 9.80 Å². The summed E-state index contributed by atoms with van der Waals surface area (Å²) in [6, 6.07) is 10.6. The lowest BCUT2D eigenvalue weighted by Gasteiger charge is -2.37. The molecule has 2 aromatic rings. The molecule has 28 heavy (non-hydrogen) atoms. The zero-order valence-electron chi connectivity index (χ0n) is 17.1. The Morgan fingerprint density at radius 1 is 0.821 bits per heavy atom. The average Bonchev–Trinajstić information content (AvgIpc) is 3.13. The van der Waals surface area contributed by atoms with Crippen LogP contribution in [0.4, 0.5) is 5.69 Å². The SMILES string of the molecule is c1ccc(-n2cc(N3CCC(CN4CCCCC4)CC3)c(C3CCC3)n2)cc1. The largest absolute Gasteiger partial charge is 0.369 e. The molecule has 1 saturated carbocycles. The van der Waals surface area contributed by atoms with Crippen molar-refractivity contribution in [3.63, 3.8) is 0 Å². The summed E-state index contributed by atoms with van der Waals surface area (Å²) < 4.78 is 2.11. The van der Waals surface area contributed by atoms with E-state index in [0.29, 0.717) is 5.92 Å². The molecule has 0 atom stereocenters. The van der Waals surface area contributed by atoms with Crippen molar-refractivity contribution < 1.29 is 0 Å². The smallest absolute Gasteiger partial charge is 0.0893 e. The number of nitrogens with zero attached hydrogens (tertiary/aromatic N) is 4. The van der Waals surface area contributed by atoms with Crippen LogP contribution in [0.5, 0.6) is 0 Å². The number of piperidine rings is 2. The van der Waals surface area contributed by atoms with Crippen molar-refractivity contribution in [2.45, 2.75) is 57.3 Å². The Morgan fingerprint density at radius 3 is 2.25 bits per heavy atom. The summed E-state index contributed by atoms with van der Waals surface area (Å²) in [5.41, 5.74) is 3.93. The molecule has 1 aliphatic carbocycles. The van der Waals surface area contributed by atoms with Crippen LogP contribution in [0.25, 0.3) is 5.69 Å². The van der Waals surface area contributed by atoms with Gasteiger partial charge in [-0.2, -0.15) is 5.10 Å². The van der Waals surface area contributed by atoms with E-state index in [1.807, 2.05) is 0 Å². The number of anilines is 1. The van der Waals surface area contributed by atoms with Gasteiger partial charge in [0, 0.05) is 25.6 Å². The topological polar surface area (TPSA) is 24.3 Å². The first kappa shape index (κ1) is 18.2. The molecule has 1 aromatic heterocycles. The van der Waals surface area contributed by atoms with Gasteiger partial charge >= 0.3 is 0 Å². The second kappa shape index (κ2) is 8.28. The van der Waals surface area contributed by atoms with Crippen LogP contribution in [0.1, 0.15) is 63.0 Å². The monoisotopic (exact) mass is 378 g/mol. The lowest BCUT2D eigenvalue weighted by molar-refractivity contribution is 0.181. The molecule has 4 heteroatoms. The van der Waals surface area contributed by atoms with Gasteiger partial charge in [0.25, 0.3) is 0 Å². The highest BCUT2D eigenvalue weighted by atomic mass is 15.3. The van der Waals surface area contributed by atoms with Crippen LogP contribution >= 0.6 is 0 Å². The summed E-state index contributed by atoms with van der Waals surface area (Å²) in [7, 11) is 0. The van der Waals surface area contributed by atoms with Crippen molar-refractivity contribution in [1.82, 2.24) is 14.7 Å². The van der Waals surface area contributed by atoms with Crippen molar-refractivity contribution in [1.29, 1.82) is 0 Å². The molecule has 3 aliphatic rings. The second-order valence-corrected chi connectivity index (χ2v) is 9.10. The molecule has 3 fully saturated rings. The maximum absolute atomic E-state index is 5.06. The van der Waals surface area contributed by atoms with Gasteiger partial charge in [0.2, 0.25) is 0 Å². The van der Waals surface area contributed by atoms with E-state index < -0.39 is 0 Å². The van der Waals surface area contributed by atoms with Gasteiger partial charge in [-0.3, -0.25) is 0 Å². The van der Waals surface area contributed by atoms with Crippen molar-refractivity contribution in [3.8, 4) is 5.69 Å². The third kappa shape index (κ3) is 3.84. The maximum atomic E-state index is 5.06. The predicted molar refractivity (Wildman–Crippen MR) is 115 cm³/mol. The van der Waals surface area contributed by atoms with Crippen LogP contribution in [0.2, 0.25) is 0 Å². The summed E-state index contributed by atoms with van der Waals surface area (Å²) in [6.45, 7) is 6.37. The van der Waals surface area contributed by atoms with Crippen molar-refractivity contribution in [2.75, 3.05) is 37.6 Å². The minimum absolute atomic E-state index is 0.672. The predicted octanol–water partition coefficient (Wildman–Crippen LogP) is 4.84. The van der Waals surface area contributed by atoms with Crippen LogP contribution in [-0.2, 0) is 0 Å². The molecule has 0 amide bonds. The summed E-state index contributed by atoms with van der Waals surface area (Å²) >= 11 is 0. The molecular formula is C24H34N4. The molecular weight excluding hydrogens is 344 g/mol. The first-order valence-electron chi connectivity index (χ1n) is 11.5. The zero-order valence-corrected chi connectivity index (χ0v) is 17.1. The van der Waals surface area contributed by atoms with Gasteiger partial charge in [-0.1, -0.05) is 31.0 Å². The van der Waals surface area contributed by atoms with E-state index in [4.69, 9.17) is 5.10 Å². The molecule has 4 nitrogen and oxygen atoms in total. The molecule has 150 valence electrons. The highest BCUT2D eigenvalue weighted by Gasteiger charge is 2.30. The maximum Gasteiger partial charge on any atom is 0.0893 e. The van der Waals surface area contributed by atoms with E-state index >= 15 is 0 Å². The number of benzene rings is 1. The van der Waals surface area contributed by atoms with Gasteiger partial charge in [-0.05, 0) is 69.7 Å². The van der Waals surface area contributed by atoms with Gasteiger partial charge in [0.1, 0.15) is 0 Å². The molecule has 0 spiro atoms. The van der Waals surface area contributed by atoms with Crippen molar-refractivity contribution in [3.05, 3.63) is 42.2 Å². The summed E-state index contributed by atoms with van der Waals surface area (Å²) in [5, 5.41) is 5.06. The van der Waals surface area contributed by atoms with E-state index in [1.165, 1.54) is 101 Å². The molecule has 0 bridgehead atoms. The highest BCUT2D eigenvalue weighted by molar-refractivity contribution is 5.53. The lowest BCUT2D eigenvalue weighted by Crippen LogP contribution is -2.40. The number of aromatic nitrogens is 2. The average molecular weight is 379 g/mol. The van der Waals surface area contributed by atoms with Crippen LogP contribution < -0.4 is 4.90 Å². The van der Waals surface area contributed by atoms with Crippen molar-refractivity contribution in [2.24, 2.45) is 5.92 Å². The summed E-state index contributed by atoms with van der Waals surface area (Å²) in [5.74, 6) is 1.55. The Bertz CT molecular complexity index is 750. The number of para-hydroxylation sites is 1. The van der Waals surface area contributed by atoms with E-state index in [-0.39, 0.29) is 0 Å². The van der Waals surface area contributed by atoms with Gasteiger partial charge in [0.15, 0.2) is 0 Å². The van der Waals surface area contributed by atoms with E-state index in [9.17, 15) is 0 Å². The second-order valence-electron chi connectivity index (χ2n) is 9.10. The molecule has 5 rings (SSSR count). The molecule has 2 aliphatic heterocycles. The van der Waals surface area contributed by atoms with E-state index in [0.717, 1.165) is 5.92 Å². The first-order chi connectivity index (χ1) is 13.9. The molecule has 1 aromatic carbocycles. The third-order valence-corrected chi connectivity index (χ3v) is 7.16. The highest BCUT2D eigenvalue weighted by Crippen LogP contribution is 2.41. The van der Waals surface area contributed by atoms with Crippen molar-refractivity contribution >= 4 is 5.69 Å². The molecule has 0 radical (unpaired) electrons. The molecule has 3 heterocycles. The quantitative estimate of drug-likeness (QED) is 0.744. The number of likely N-dealkylation sites (tertiary alicyclic amines) is 1. The molecule has 2 saturated heterocycles. The minimum atomic E-state index is 0.672. The summed E-state index contributed by atoms with van der Waals surface area (Å²) in [6.07, 6.45) is 13.2. The van der Waals surface area contributed by atoms with Crippen LogP contribution in [0.3, 0.4) is 0 Å². The fourth-order valence-corrected chi connectivity index (χ4v) is 5.17. The Kier molecular flexibility index (Phi) is 5.39. The minimum Gasteiger partial charge on any atom is -0.369 e. The Balaban J connectivity index is 1.28. The van der Waals surface area contributed by atoms with Crippen LogP contribution in [0.15, 0.2) is 36.5 Å². The molecule has 0 unspecified atom stereocenters. The Labute approximate surface area is 169 Å². The zero-order chi connectivity index (χ0) is 18.8. The number of hydrogen-bond donors (Lipinski definition) is 0. The number of hydrogen-bond acceptors (Lipinski definition) is 3. The number of rotatable bonds is 5. The van der Waals surface area contributed by atoms with Gasteiger partial charge in [-0.25, -0.2) is 4.68 Å².